The molecule has 0 atom stereocenters. The van der Waals surface area contributed by atoms with Crippen LogP contribution in [0.25, 0.3) is 10.9 Å². The van der Waals surface area contributed by atoms with Crippen LogP contribution in [0.1, 0.15) is 25.5 Å². The van der Waals surface area contributed by atoms with E-state index in [1.54, 1.807) is 10.6 Å². The SMILES string of the molecule is Cc1cc(NC(=O)CSc2nc3ccccc3c(=O)n2C(C)C)ccc1Br. The van der Waals surface area contributed by atoms with Crippen LogP contribution >= 0.6 is 27.7 Å². The van der Waals surface area contributed by atoms with Crippen LogP contribution in [-0.4, -0.2) is 21.2 Å². The molecule has 3 aromatic rings. The van der Waals surface area contributed by atoms with Crippen molar-refractivity contribution < 1.29 is 4.79 Å². The van der Waals surface area contributed by atoms with Gasteiger partial charge in [-0.3, -0.25) is 14.2 Å². The van der Waals surface area contributed by atoms with Gasteiger partial charge in [0.1, 0.15) is 0 Å². The van der Waals surface area contributed by atoms with E-state index in [0.29, 0.717) is 16.1 Å². The van der Waals surface area contributed by atoms with Gasteiger partial charge in [-0.05, 0) is 56.7 Å². The maximum atomic E-state index is 12.8. The lowest BCUT2D eigenvalue weighted by atomic mass is 10.2. The molecular weight excluding hydrogens is 426 g/mol. The predicted molar refractivity (Wildman–Crippen MR) is 115 cm³/mol. The molecule has 2 aromatic carbocycles. The number of halogens is 1. The van der Waals surface area contributed by atoms with Crippen molar-refractivity contribution in [1.82, 2.24) is 9.55 Å². The molecule has 1 aromatic heterocycles. The van der Waals surface area contributed by atoms with Gasteiger partial charge >= 0.3 is 0 Å². The number of para-hydroxylation sites is 1. The van der Waals surface area contributed by atoms with Crippen LogP contribution in [0.4, 0.5) is 5.69 Å². The van der Waals surface area contributed by atoms with E-state index in [0.717, 1.165) is 15.7 Å². The third kappa shape index (κ3) is 4.42. The molecule has 1 amide bonds. The average Bonchev–Trinajstić information content (AvgIpc) is 2.63. The van der Waals surface area contributed by atoms with Crippen molar-refractivity contribution in [2.75, 3.05) is 11.1 Å². The molecular formula is C20H20BrN3O2S. The van der Waals surface area contributed by atoms with Gasteiger partial charge in [-0.2, -0.15) is 0 Å². The Morgan fingerprint density at radius 1 is 1.26 bits per heavy atom. The molecule has 0 fully saturated rings. The second-order valence-electron chi connectivity index (χ2n) is 6.48. The summed E-state index contributed by atoms with van der Waals surface area (Å²) in [7, 11) is 0. The summed E-state index contributed by atoms with van der Waals surface area (Å²) < 4.78 is 2.64. The Hall–Kier alpha value is -2.12. The molecule has 7 heteroatoms. The second-order valence-corrected chi connectivity index (χ2v) is 8.28. The fourth-order valence-electron chi connectivity index (χ4n) is 2.73. The zero-order valence-corrected chi connectivity index (χ0v) is 17.7. The molecule has 3 rings (SSSR count). The van der Waals surface area contributed by atoms with Crippen molar-refractivity contribution in [2.45, 2.75) is 32.0 Å². The number of anilines is 1. The molecule has 0 aliphatic heterocycles. The summed E-state index contributed by atoms with van der Waals surface area (Å²) in [6.07, 6.45) is 0. The smallest absolute Gasteiger partial charge is 0.262 e. The van der Waals surface area contributed by atoms with E-state index in [1.807, 2.05) is 57.2 Å². The standard InChI is InChI=1S/C20H20BrN3O2S/c1-12(2)24-19(26)15-6-4-5-7-17(15)23-20(24)27-11-18(25)22-14-8-9-16(21)13(3)10-14/h4-10,12H,11H2,1-3H3,(H,22,25). The minimum Gasteiger partial charge on any atom is -0.325 e. The zero-order valence-electron chi connectivity index (χ0n) is 15.3. The lowest BCUT2D eigenvalue weighted by Gasteiger charge is -2.16. The first kappa shape index (κ1) is 19.6. The lowest BCUT2D eigenvalue weighted by molar-refractivity contribution is -0.113. The quantitative estimate of drug-likeness (QED) is 0.453. The Kier molecular flexibility index (Phi) is 6.01. The Labute approximate surface area is 170 Å². The molecule has 0 aliphatic rings. The van der Waals surface area contributed by atoms with Crippen molar-refractivity contribution in [3.63, 3.8) is 0 Å². The summed E-state index contributed by atoms with van der Waals surface area (Å²) in [5.41, 5.74) is 2.35. The van der Waals surface area contributed by atoms with Crippen LogP contribution < -0.4 is 10.9 Å². The minimum atomic E-state index is -0.139. The van der Waals surface area contributed by atoms with Gasteiger partial charge in [0.25, 0.3) is 5.56 Å². The fourth-order valence-corrected chi connectivity index (χ4v) is 3.91. The van der Waals surface area contributed by atoms with Crippen LogP contribution in [0.15, 0.2) is 56.9 Å². The number of benzene rings is 2. The van der Waals surface area contributed by atoms with E-state index < -0.39 is 0 Å². The number of hydrogen-bond donors (Lipinski definition) is 1. The third-order valence-electron chi connectivity index (χ3n) is 4.07. The molecule has 27 heavy (non-hydrogen) atoms. The summed E-state index contributed by atoms with van der Waals surface area (Å²) in [6, 6.07) is 12.9. The Morgan fingerprint density at radius 2 is 2.00 bits per heavy atom. The molecule has 140 valence electrons. The van der Waals surface area contributed by atoms with Gasteiger partial charge in [0.2, 0.25) is 5.91 Å². The number of hydrogen-bond acceptors (Lipinski definition) is 4. The highest BCUT2D eigenvalue weighted by Crippen LogP contribution is 2.23. The number of nitrogens with zero attached hydrogens (tertiary/aromatic N) is 2. The average molecular weight is 446 g/mol. The number of thioether (sulfide) groups is 1. The van der Waals surface area contributed by atoms with Crippen LogP contribution in [0.3, 0.4) is 0 Å². The fraction of sp³-hybridized carbons (Fsp3) is 0.250. The van der Waals surface area contributed by atoms with Gasteiger partial charge in [0.15, 0.2) is 5.16 Å². The van der Waals surface area contributed by atoms with E-state index in [4.69, 9.17) is 0 Å². The number of rotatable bonds is 5. The number of carbonyl (C=O) groups excluding carboxylic acids is 1. The summed E-state index contributed by atoms with van der Waals surface area (Å²) in [6.45, 7) is 5.84. The molecule has 0 aliphatic carbocycles. The largest absolute Gasteiger partial charge is 0.325 e. The van der Waals surface area contributed by atoms with Crippen molar-refractivity contribution in [3.8, 4) is 0 Å². The zero-order chi connectivity index (χ0) is 19.6. The van der Waals surface area contributed by atoms with Crippen LogP contribution in [-0.2, 0) is 4.79 Å². The van der Waals surface area contributed by atoms with Crippen molar-refractivity contribution in [1.29, 1.82) is 0 Å². The Bertz CT molecular complexity index is 1060. The molecule has 0 spiro atoms. The van der Waals surface area contributed by atoms with Crippen LogP contribution in [0.2, 0.25) is 0 Å². The molecule has 5 nitrogen and oxygen atoms in total. The van der Waals surface area contributed by atoms with Gasteiger partial charge in [0.05, 0.1) is 16.7 Å². The van der Waals surface area contributed by atoms with E-state index in [9.17, 15) is 9.59 Å². The first-order chi connectivity index (χ1) is 12.9. The highest BCUT2D eigenvalue weighted by atomic mass is 79.9. The van der Waals surface area contributed by atoms with Crippen LogP contribution in [0.5, 0.6) is 0 Å². The first-order valence-corrected chi connectivity index (χ1v) is 10.3. The Morgan fingerprint density at radius 3 is 2.70 bits per heavy atom. The second kappa shape index (κ2) is 8.27. The van der Waals surface area contributed by atoms with E-state index in [-0.39, 0.29) is 23.3 Å². The van der Waals surface area contributed by atoms with Gasteiger partial charge in [0, 0.05) is 16.2 Å². The summed E-state index contributed by atoms with van der Waals surface area (Å²) in [5.74, 6) is 0.0338. The van der Waals surface area contributed by atoms with Crippen molar-refractivity contribution in [3.05, 3.63) is 62.9 Å². The lowest BCUT2D eigenvalue weighted by Crippen LogP contribution is -2.25. The maximum Gasteiger partial charge on any atom is 0.262 e. The van der Waals surface area contributed by atoms with Gasteiger partial charge in [-0.1, -0.05) is 39.8 Å². The van der Waals surface area contributed by atoms with E-state index >= 15 is 0 Å². The number of aromatic nitrogens is 2. The Balaban J connectivity index is 1.81. The minimum absolute atomic E-state index is 0.0470. The molecule has 0 unspecified atom stereocenters. The molecule has 0 radical (unpaired) electrons. The number of carbonyl (C=O) groups is 1. The van der Waals surface area contributed by atoms with Gasteiger partial charge in [-0.25, -0.2) is 4.98 Å². The molecule has 0 saturated carbocycles. The van der Waals surface area contributed by atoms with Gasteiger partial charge < -0.3 is 5.32 Å². The van der Waals surface area contributed by atoms with Crippen molar-refractivity contribution in [2.24, 2.45) is 0 Å². The molecule has 0 saturated heterocycles. The molecule has 1 N–H and O–H groups in total. The number of fused-ring (bicyclic) bond motifs is 1. The normalized spacial score (nSPS) is 11.1. The molecule has 1 heterocycles. The predicted octanol–water partition coefficient (Wildman–Crippen LogP) is 4.78. The van der Waals surface area contributed by atoms with Gasteiger partial charge in [-0.15, -0.1) is 0 Å². The number of aryl methyl sites for hydroxylation is 1. The van der Waals surface area contributed by atoms with Crippen LogP contribution in [0, 0.1) is 6.92 Å². The topological polar surface area (TPSA) is 64.0 Å². The summed E-state index contributed by atoms with van der Waals surface area (Å²) in [5, 5.41) is 4.02. The summed E-state index contributed by atoms with van der Waals surface area (Å²) in [4.78, 5) is 29.8. The first-order valence-electron chi connectivity index (χ1n) is 8.57. The van der Waals surface area contributed by atoms with Crippen molar-refractivity contribution >= 4 is 50.2 Å². The maximum absolute atomic E-state index is 12.8. The monoisotopic (exact) mass is 445 g/mol. The number of nitrogens with one attached hydrogen (secondary N) is 1. The van der Waals surface area contributed by atoms with E-state index in [2.05, 4.69) is 26.2 Å². The highest BCUT2D eigenvalue weighted by Gasteiger charge is 2.15. The highest BCUT2D eigenvalue weighted by molar-refractivity contribution is 9.10. The molecule has 0 bridgehead atoms. The number of amides is 1. The summed E-state index contributed by atoms with van der Waals surface area (Å²) >= 11 is 4.72. The van der Waals surface area contributed by atoms with E-state index in [1.165, 1.54) is 11.8 Å². The third-order valence-corrected chi connectivity index (χ3v) is 5.91.